The van der Waals surface area contributed by atoms with Gasteiger partial charge in [-0.05, 0) is 30.4 Å². The fraction of sp³-hybridized carbons (Fsp3) is 0.333. The zero-order valence-corrected chi connectivity index (χ0v) is 19.3. The Labute approximate surface area is 201 Å². The molecule has 1 saturated carbocycles. The van der Waals surface area contributed by atoms with E-state index >= 15 is 4.39 Å². The van der Waals surface area contributed by atoms with E-state index in [0.29, 0.717) is 17.4 Å². The first-order valence-electron chi connectivity index (χ1n) is 11.4. The molecule has 2 saturated heterocycles. The number of fused-ring (bicyclic) bond motifs is 2. The SMILES string of the molecule is N#Cc1c(N)sc2c(F)ccc(-c3ncc4c(=O)[nH]c(N5CC(N6CC7(CC7)C6)C5)nc4c3F)c12. The molecule has 35 heavy (non-hydrogen) atoms. The molecule has 0 atom stereocenters. The quantitative estimate of drug-likeness (QED) is 0.452. The lowest BCUT2D eigenvalue weighted by molar-refractivity contribution is 0.0238. The third kappa shape index (κ3) is 2.93. The normalized spacial score (nSPS) is 19.2. The summed E-state index contributed by atoms with van der Waals surface area (Å²) in [6.07, 6.45) is 3.90. The van der Waals surface area contributed by atoms with E-state index in [-0.39, 0.29) is 42.8 Å². The van der Waals surface area contributed by atoms with Gasteiger partial charge in [-0.25, -0.2) is 13.8 Å². The van der Waals surface area contributed by atoms with Crippen molar-refractivity contribution in [2.45, 2.75) is 18.9 Å². The number of anilines is 2. The Morgan fingerprint density at radius 3 is 2.74 bits per heavy atom. The molecule has 3 aromatic heterocycles. The fourth-order valence-corrected chi connectivity index (χ4v) is 6.27. The lowest BCUT2D eigenvalue weighted by Gasteiger charge is -2.52. The largest absolute Gasteiger partial charge is 0.389 e. The second kappa shape index (κ2) is 6.96. The number of hydrogen-bond acceptors (Lipinski definition) is 8. The number of likely N-dealkylation sites (tertiary alicyclic amines) is 1. The second-order valence-electron chi connectivity index (χ2n) is 9.79. The minimum absolute atomic E-state index is 0.0224. The Morgan fingerprint density at radius 2 is 2.03 bits per heavy atom. The number of rotatable bonds is 3. The van der Waals surface area contributed by atoms with Gasteiger partial charge in [-0.1, -0.05) is 0 Å². The molecular formula is C24H19F2N7OS. The number of nitrogens with two attached hydrogens (primary N) is 1. The van der Waals surface area contributed by atoms with Crippen LogP contribution in [0.4, 0.5) is 19.7 Å². The number of nitrogens with zero attached hydrogens (tertiary/aromatic N) is 5. The van der Waals surface area contributed by atoms with E-state index in [1.165, 1.54) is 31.2 Å². The molecule has 0 bridgehead atoms. The summed E-state index contributed by atoms with van der Waals surface area (Å²) >= 11 is 0.929. The van der Waals surface area contributed by atoms with E-state index < -0.39 is 17.2 Å². The van der Waals surface area contributed by atoms with Crippen molar-refractivity contribution >= 4 is 43.3 Å². The molecule has 1 spiro atoms. The van der Waals surface area contributed by atoms with Crippen LogP contribution in [0.1, 0.15) is 18.4 Å². The summed E-state index contributed by atoms with van der Waals surface area (Å²) in [6.45, 7) is 3.73. The van der Waals surface area contributed by atoms with Gasteiger partial charge in [0, 0.05) is 49.4 Å². The lowest BCUT2D eigenvalue weighted by Crippen LogP contribution is -2.66. The maximum absolute atomic E-state index is 15.8. The van der Waals surface area contributed by atoms with Gasteiger partial charge >= 0.3 is 0 Å². The number of nitriles is 1. The summed E-state index contributed by atoms with van der Waals surface area (Å²) in [7, 11) is 0. The van der Waals surface area contributed by atoms with E-state index in [9.17, 15) is 14.4 Å². The first-order valence-corrected chi connectivity index (χ1v) is 12.2. The second-order valence-corrected chi connectivity index (χ2v) is 10.8. The molecule has 4 aromatic rings. The highest BCUT2D eigenvalue weighted by Crippen LogP contribution is 2.54. The predicted octanol–water partition coefficient (Wildman–Crippen LogP) is 3.22. The van der Waals surface area contributed by atoms with Crippen LogP contribution in [-0.2, 0) is 0 Å². The van der Waals surface area contributed by atoms with Crippen LogP contribution in [0.5, 0.6) is 0 Å². The van der Waals surface area contributed by atoms with Crippen LogP contribution in [0.15, 0.2) is 23.1 Å². The van der Waals surface area contributed by atoms with Crippen molar-refractivity contribution < 1.29 is 8.78 Å². The molecule has 0 unspecified atom stereocenters. The summed E-state index contributed by atoms with van der Waals surface area (Å²) in [4.78, 5) is 28.5. The maximum Gasteiger partial charge on any atom is 0.261 e. The van der Waals surface area contributed by atoms with Crippen molar-refractivity contribution in [1.29, 1.82) is 5.26 Å². The first kappa shape index (κ1) is 20.7. The molecule has 7 rings (SSSR count). The monoisotopic (exact) mass is 491 g/mol. The predicted molar refractivity (Wildman–Crippen MR) is 129 cm³/mol. The van der Waals surface area contributed by atoms with Crippen LogP contribution in [0.2, 0.25) is 0 Å². The van der Waals surface area contributed by atoms with Gasteiger partial charge in [-0.3, -0.25) is 19.7 Å². The van der Waals surface area contributed by atoms with Crippen molar-refractivity contribution in [3.05, 3.63) is 45.9 Å². The molecule has 176 valence electrons. The molecule has 0 amide bonds. The number of hydrogen-bond donors (Lipinski definition) is 2. The van der Waals surface area contributed by atoms with Gasteiger partial charge in [0.1, 0.15) is 28.1 Å². The van der Waals surface area contributed by atoms with E-state index in [1.54, 1.807) is 0 Å². The number of H-pyrrole nitrogens is 1. The number of halogens is 2. The van der Waals surface area contributed by atoms with Gasteiger partial charge in [-0.15, -0.1) is 11.3 Å². The van der Waals surface area contributed by atoms with E-state index in [1.807, 2.05) is 11.0 Å². The number of benzene rings is 1. The standard InChI is InChI=1S/C24H19F2N7OS/c25-15-2-1-12(16-13(5-27)21(28)35-20(15)16)18-17(26)19-14(6-29-18)22(34)31-23(30-19)32-7-11(8-32)33-9-24(10-33)3-4-24/h1-2,6,11H,3-4,7-10,28H2,(H,30,31,34). The fourth-order valence-electron chi connectivity index (χ4n) is 5.32. The Hall–Kier alpha value is -3.62. The topological polar surface area (TPSA) is 115 Å². The Bertz CT molecular complexity index is 1650. The van der Waals surface area contributed by atoms with Crippen molar-refractivity contribution in [1.82, 2.24) is 19.9 Å². The molecule has 1 aliphatic carbocycles. The van der Waals surface area contributed by atoms with Crippen LogP contribution >= 0.6 is 11.3 Å². The highest BCUT2D eigenvalue weighted by molar-refractivity contribution is 7.23. The Balaban J connectivity index is 1.29. The Morgan fingerprint density at radius 1 is 1.26 bits per heavy atom. The summed E-state index contributed by atoms with van der Waals surface area (Å²) in [6, 6.07) is 4.96. The lowest BCUT2D eigenvalue weighted by atomic mass is 9.92. The van der Waals surface area contributed by atoms with Crippen molar-refractivity contribution in [3.63, 3.8) is 0 Å². The van der Waals surface area contributed by atoms with E-state index in [2.05, 4.69) is 19.9 Å². The van der Waals surface area contributed by atoms with Gasteiger partial charge in [0.05, 0.1) is 15.6 Å². The third-order valence-electron chi connectivity index (χ3n) is 7.58. The van der Waals surface area contributed by atoms with Gasteiger partial charge in [0.2, 0.25) is 5.95 Å². The van der Waals surface area contributed by atoms with Gasteiger partial charge < -0.3 is 10.6 Å². The van der Waals surface area contributed by atoms with E-state index in [4.69, 9.17) is 5.73 Å². The summed E-state index contributed by atoms with van der Waals surface area (Å²) < 4.78 is 30.4. The summed E-state index contributed by atoms with van der Waals surface area (Å²) in [5, 5.41) is 9.94. The average molecular weight is 492 g/mol. The summed E-state index contributed by atoms with van der Waals surface area (Å²) in [5.74, 6) is -1.03. The molecule has 3 N–H and O–H groups in total. The zero-order valence-electron chi connectivity index (χ0n) is 18.4. The number of aromatic amines is 1. The number of thiophene rings is 1. The molecule has 2 aliphatic heterocycles. The number of nitrogens with one attached hydrogen (secondary N) is 1. The van der Waals surface area contributed by atoms with Crippen LogP contribution in [0.3, 0.4) is 0 Å². The van der Waals surface area contributed by atoms with Crippen LogP contribution in [0.25, 0.3) is 32.2 Å². The molecule has 3 fully saturated rings. The van der Waals surface area contributed by atoms with Crippen LogP contribution < -0.4 is 16.2 Å². The Kier molecular flexibility index (Phi) is 4.12. The maximum atomic E-state index is 15.8. The molecular weight excluding hydrogens is 472 g/mol. The smallest absolute Gasteiger partial charge is 0.261 e. The minimum Gasteiger partial charge on any atom is -0.389 e. The molecule has 0 radical (unpaired) electrons. The molecule has 3 aliphatic rings. The summed E-state index contributed by atoms with van der Waals surface area (Å²) in [5.41, 5.74) is 6.09. The van der Waals surface area contributed by atoms with Crippen molar-refractivity contribution in [3.8, 4) is 17.3 Å². The number of nitrogen functional groups attached to an aromatic ring is 1. The molecule has 11 heteroatoms. The zero-order chi connectivity index (χ0) is 24.1. The molecule has 1 aromatic carbocycles. The molecule has 5 heterocycles. The van der Waals surface area contributed by atoms with Gasteiger partial charge in [0.25, 0.3) is 5.56 Å². The first-order chi connectivity index (χ1) is 16.9. The van der Waals surface area contributed by atoms with Gasteiger partial charge in [0.15, 0.2) is 5.82 Å². The highest BCUT2D eigenvalue weighted by Gasteiger charge is 2.55. The minimum atomic E-state index is -0.799. The van der Waals surface area contributed by atoms with Crippen LogP contribution in [-0.4, -0.2) is 52.1 Å². The van der Waals surface area contributed by atoms with Crippen molar-refractivity contribution in [2.75, 3.05) is 36.8 Å². The van der Waals surface area contributed by atoms with E-state index in [0.717, 1.165) is 37.5 Å². The number of pyridine rings is 1. The highest BCUT2D eigenvalue weighted by atomic mass is 32.1. The van der Waals surface area contributed by atoms with Gasteiger partial charge in [-0.2, -0.15) is 5.26 Å². The molecule has 8 nitrogen and oxygen atoms in total. The number of aromatic nitrogens is 3. The average Bonchev–Trinajstić information content (AvgIpc) is 3.50. The third-order valence-corrected chi connectivity index (χ3v) is 8.61. The van der Waals surface area contributed by atoms with Crippen molar-refractivity contribution in [2.24, 2.45) is 5.41 Å². The van der Waals surface area contributed by atoms with Crippen LogP contribution in [0, 0.1) is 28.4 Å².